The minimum atomic E-state index is -0.841. The Balaban J connectivity index is 2.23. The summed E-state index contributed by atoms with van der Waals surface area (Å²) in [5, 5.41) is 0. The molecule has 0 saturated heterocycles. The van der Waals surface area contributed by atoms with Gasteiger partial charge in [0.05, 0.1) is 0 Å². The van der Waals surface area contributed by atoms with Crippen LogP contribution in [0.3, 0.4) is 0 Å². The van der Waals surface area contributed by atoms with Crippen LogP contribution in [0, 0.1) is 17.6 Å². The normalized spacial score (nSPS) is 25.7. The lowest BCUT2D eigenvalue weighted by Gasteiger charge is -1.98. The van der Waals surface area contributed by atoms with Crippen molar-refractivity contribution < 1.29 is 13.6 Å². The first-order valence-electron chi connectivity index (χ1n) is 4.12. The molecule has 0 aromatic heterocycles. The van der Waals surface area contributed by atoms with Crippen LogP contribution < -0.4 is 0 Å². The molecule has 1 aromatic carbocycles. The number of halogens is 2. The third-order valence-corrected chi connectivity index (χ3v) is 2.39. The highest BCUT2D eigenvalue weighted by atomic mass is 19.2. The van der Waals surface area contributed by atoms with Crippen molar-refractivity contribution in [3.8, 4) is 0 Å². The lowest BCUT2D eigenvalue weighted by molar-refractivity contribution is -0.108. The Bertz CT molecular complexity index is 349. The van der Waals surface area contributed by atoms with Crippen LogP contribution in [0.5, 0.6) is 0 Å². The van der Waals surface area contributed by atoms with Crippen LogP contribution in [0.4, 0.5) is 8.78 Å². The second kappa shape index (κ2) is 2.91. The molecule has 0 N–H and O–H groups in total. The lowest BCUT2D eigenvalue weighted by Crippen LogP contribution is -1.89. The Kier molecular flexibility index (Phi) is 1.87. The second-order valence-corrected chi connectivity index (χ2v) is 3.32. The first kappa shape index (κ1) is 8.35. The Morgan fingerprint density at radius 1 is 1.31 bits per heavy atom. The summed E-state index contributed by atoms with van der Waals surface area (Å²) in [5.74, 6) is -1.57. The predicted molar refractivity (Wildman–Crippen MR) is 43.3 cm³/mol. The highest BCUT2D eigenvalue weighted by molar-refractivity contribution is 5.61. The standard InChI is InChI=1S/C10H8F2O/c11-9-2-1-6(4-10(9)12)8-3-7(8)5-13/h1-2,4-5,7-8H,3H2. The maximum atomic E-state index is 12.7. The largest absolute Gasteiger partial charge is 0.303 e. The average molecular weight is 182 g/mol. The topological polar surface area (TPSA) is 17.1 Å². The highest BCUT2D eigenvalue weighted by Gasteiger charge is 2.38. The second-order valence-electron chi connectivity index (χ2n) is 3.32. The molecule has 2 unspecified atom stereocenters. The fraction of sp³-hybridized carbons (Fsp3) is 0.300. The number of aldehydes is 1. The molecule has 3 heteroatoms. The zero-order chi connectivity index (χ0) is 9.42. The summed E-state index contributed by atoms with van der Waals surface area (Å²) in [6.07, 6.45) is 1.63. The van der Waals surface area contributed by atoms with Crippen molar-refractivity contribution in [2.24, 2.45) is 5.92 Å². The van der Waals surface area contributed by atoms with E-state index in [-0.39, 0.29) is 11.8 Å². The molecular weight excluding hydrogens is 174 g/mol. The van der Waals surface area contributed by atoms with Crippen LogP contribution in [0.25, 0.3) is 0 Å². The number of carbonyl (C=O) groups is 1. The van der Waals surface area contributed by atoms with E-state index in [2.05, 4.69) is 0 Å². The van der Waals surface area contributed by atoms with Crippen molar-refractivity contribution in [3.63, 3.8) is 0 Å². The molecule has 13 heavy (non-hydrogen) atoms. The summed E-state index contributed by atoms with van der Waals surface area (Å²) < 4.78 is 25.3. The van der Waals surface area contributed by atoms with Crippen LogP contribution in [-0.2, 0) is 4.79 Å². The summed E-state index contributed by atoms with van der Waals surface area (Å²) in [6, 6.07) is 3.81. The van der Waals surface area contributed by atoms with E-state index in [4.69, 9.17) is 0 Å². The van der Waals surface area contributed by atoms with Gasteiger partial charge < -0.3 is 4.79 Å². The molecule has 0 radical (unpaired) electrons. The molecule has 1 fully saturated rings. The summed E-state index contributed by atoms with van der Waals surface area (Å²) in [4.78, 5) is 10.3. The molecular formula is C10H8F2O. The van der Waals surface area contributed by atoms with Crippen molar-refractivity contribution in [1.82, 2.24) is 0 Å². The molecule has 0 heterocycles. The van der Waals surface area contributed by atoms with E-state index in [0.717, 1.165) is 24.3 Å². The van der Waals surface area contributed by atoms with Crippen LogP contribution in [0.2, 0.25) is 0 Å². The number of hydrogen-bond donors (Lipinski definition) is 0. The molecule has 0 amide bonds. The fourth-order valence-corrected chi connectivity index (χ4v) is 1.49. The van der Waals surface area contributed by atoms with Gasteiger partial charge in [-0.1, -0.05) is 6.07 Å². The number of rotatable bonds is 2. The Labute approximate surface area is 74.4 Å². The van der Waals surface area contributed by atoms with Crippen molar-refractivity contribution in [2.45, 2.75) is 12.3 Å². The number of hydrogen-bond acceptors (Lipinski definition) is 1. The SMILES string of the molecule is O=CC1CC1c1ccc(F)c(F)c1. The van der Waals surface area contributed by atoms with Gasteiger partial charge >= 0.3 is 0 Å². The monoisotopic (exact) mass is 182 g/mol. The molecule has 0 aliphatic heterocycles. The summed E-state index contributed by atoms with van der Waals surface area (Å²) >= 11 is 0. The number of benzene rings is 1. The Morgan fingerprint density at radius 3 is 2.62 bits per heavy atom. The van der Waals surface area contributed by atoms with Gasteiger partial charge in [-0.3, -0.25) is 0 Å². The van der Waals surface area contributed by atoms with Gasteiger partial charge in [-0.25, -0.2) is 8.78 Å². The molecule has 1 aliphatic rings. The minimum Gasteiger partial charge on any atom is -0.303 e. The van der Waals surface area contributed by atoms with Gasteiger partial charge in [-0.2, -0.15) is 0 Å². The smallest absolute Gasteiger partial charge is 0.159 e. The van der Waals surface area contributed by atoms with Crippen molar-refractivity contribution in [3.05, 3.63) is 35.4 Å². The van der Waals surface area contributed by atoms with E-state index in [1.807, 2.05) is 0 Å². The van der Waals surface area contributed by atoms with Gasteiger partial charge in [0.2, 0.25) is 0 Å². The lowest BCUT2D eigenvalue weighted by atomic mass is 10.1. The van der Waals surface area contributed by atoms with E-state index in [9.17, 15) is 13.6 Å². The maximum Gasteiger partial charge on any atom is 0.159 e. The Morgan fingerprint density at radius 2 is 2.08 bits per heavy atom. The first-order valence-corrected chi connectivity index (χ1v) is 4.12. The molecule has 2 rings (SSSR count). The predicted octanol–water partition coefficient (Wildman–Crippen LogP) is 2.27. The molecule has 2 atom stereocenters. The maximum absolute atomic E-state index is 12.7. The molecule has 1 aromatic rings. The van der Waals surface area contributed by atoms with Gasteiger partial charge in [-0.05, 0) is 30.0 Å². The first-order chi connectivity index (χ1) is 6.22. The quantitative estimate of drug-likeness (QED) is 0.641. The Hall–Kier alpha value is -1.25. The molecule has 68 valence electrons. The zero-order valence-corrected chi connectivity index (χ0v) is 6.84. The number of carbonyl (C=O) groups excluding carboxylic acids is 1. The van der Waals surface area contributed by atoms with Gasteiger partial charge in [-0.15, -0.1) is 0 Å². The van der Waals surface area contributed by atoms with E-state index in [1.165, 1.54) is 12.1 Å². The zero-order valence-electron chi connectivity index (χ0n) is 6.84. The van der Waals surface area contributed by atoms with Crippen LogP contribution in [0.15, 0.2) is 18.2 Å². The van der Waals surface area contributed by atoms with Crippen molar-refractivity contribution >= 4 is 6.29 Å². The minimum absolute atomic E-state index is 0.00450. The average Bonchev–Trinajstić information content (AvgIpc) is 2.88. The molecule has 1 nitrogen and oxygen atoms in total. The molecule has 1 saturated carbocycles. The van der Waals surface area contributed by atoms with Crippen LogP contribution in [0.1, 0.15) is 17.9 Å². The van der Waals surface area contributed by atoms with Gasteiger partial charge in [0, 0.05) is 5.92 Å². The van der Waals surface area contributed by atoms with Gasteiger partial charge in [0.1, 0.15) is 6.29 Å². The van der Waals surface area contributed by atoms with E-state index in [0.29, 0.717) is 0 Å². The molecule has 0 bridgehead atoms. The van der Waals surface area contributed by atoms with Crippen molar-refractivity contribution in [2.75, 3.05) is 0 Å². The van der Waals surface area contributed by atoms with Gasteiger partial charge in [0.15, 0.2) is 11.6 Å². The summed E-state index contributed by atoms with van der Waals surface area (Å²) in [7, 11) is 0. The fourth-order valence-electron chi connectivity index (χ4n) is 1.49. The van der Waals surface area contributed by atoms with E-state index >= 15 is 0 Å². The molecule has 0 spiro atoms. The van der Waals surface area contributed by atoms with E-state index < -0.39 is 11.6 Å². The summed E-state index contributed by atoms with van der Waals surface area (Å²) in [5.41, 5.74) is 0.719. The van der Waals surface area contributed by atoms with Crippen LogP contribution in [-0.4, -0.2) is 6.29 Å². The molecule has 1 aliphatic carbocycles. The van der Waals surface area contributed by atoms with Crippen molar-refractivity contribution in [1.29, 1.82) is 0 Å². The van der Waals surface area contributed by atoms with E-state index in [1.54, 1.807) is 0 Å². The highest BCUT2D eigenvalue weighted by Crippen LogP contribution is 2.45. The third-order valence-electron chi connectivity index (χ3n) is 2.39. The van der Waals surface area contributed by atoms with Crippen LogP contribution >= 0.6 is 0 Å². The summed E-state index contributed by atoms with van der Waals surface area (Å²) in [6.45, 7) is 0. The third kappa shape index (κ3) is 1.46. The van der Waals surface area contributed by atoms with Gasteiger partial charge in [0.25, 0.3) is 0 Å².